The predicted octanol–water partition coefficient (Wildman–Crippen LogP) is 0.428. The Morgan fingerprint density at radius 1 is 1.40 bits per heavy atom. The van der Waals surface area contributed by atoms with E-state index in [9.17, 15) is 0 Å². The van der Waals surface area contributed by atoms with Gasteiger partial charge < -0.3 is 19.1 Å². The van der Waals surface area contributed by atoms with Crippen LogP contribution in [-0.4, -0.2) is 41.6 Å². The first-order valence-electron chi connectivity index (χ1n) is 5.05. The number of hydrogen-bond acceptors (Lipinski definition) is 4. The molecule has 0 saturated heterocycles. The summed E-state index contributed by atoms with van der Waals surface area (Å²) in [5.41, 5.74) is 0.840. The molecule has 0 radical (unpaired) electrons. The third-order valence-corrected chi connectivity index (χ3v) is 2.08. The molecule has 0 atom stereocenters. The third-order valence-electron chi connectivity index (χ3n) is 2.08. The Hall–Kier alpha value is -0.910. The molecule has 1 aromatic heterocycles. The van der Waals surface area contributed by atoms with Gasteiger partial charge in [-0.2, -0.15) is 0 Å². The first-order valence-corrected chi connectivity index (χ1v) is 5.05. The molecule has 0 bridgehead atoms. The van der Waals surface area contributed by atoms with Gasteiger partial charge in [-0.15, -0.1) is 0 Å². The standard InChI is InChI=1S/C10H18N2O3/c1-14-5-6-15-4-2-3-12-9-11-7-10(12)8-13/h7,9,13H,2-6,8H2,1H3. The summed E-state index contributed by atoms with van der Waals surface area (Å²) < 4.78 is 12.1. The maximum atomic E-state index is 8.97. The van der Waals surface area contributed by atoms with Crippen molar-refractivity contribution >= 4 is 0 Å². The second-order valence-electron chi connectivity index (χ2n) is 3.20. The van der Waals surface area contributed by atoms with Crippen LogP contribution < -0.4 is 0 Å². The first-order chi connectivity index (χ1) is 7.38. The van der Waals surface area contributed by atoms with Gasteiger partial charge in [0.05, 0.1) is 38.0 Å². The highest BCUT2D eigenvalue weighted by molar-refractivity contribution is 4.95. The second kappa shape index (κ2) is 7.39. The molecule has 1 heterocycles. The van der Waals surface area contributed by atoms with Crippen LogP contribution in [0.4, 0.5) is 0 Å². The molecule has 0 aliphatic rings. The molecular weight excluding hydrogens is 196 g/mol. The molecule has 0 aromatic carbocycles. The average molecular weight is 214 g/mol. The third kappa shape index (κ3) is 4.42. The number of imidazole rings is 1. The van der Waals surface area contributed by atoms with Crippen molar-refractivity contribution in [2.45, 2.75) is 19.6 Å². The number of methoxy groups -OCH3 is 1. The summed E-state index contributed by atoms with van der Waals surface area (Å²) in [6.07, 6.45) is 4.31. The Balaban J connectivity index is 2.09. The fraction of sp³-hybridized carbons (Fsp3) is 0.700. The quantitative estimate of drug-likeness (QED) is 0.637. The number of nitrogens with zero attached hydrogens (tertiary/aromatic N) is 2. The van der Waals surface area contributed by atoms with Gasteiger partial charge in [0.2, 0.25) is 0 Å². The lowest BCUT2D eigenvalue weighted by Crippen LogP contribution is -2.07. The maximum Gasteiger partial charge on any atom is 0.0948 e. The molecule has 0 amide bonds. The molecule has 0 spiro atoms. The smallest absolute Gasteiger partial charge is 0.0948 e. The summed E-state index contributed by atoms with van der Waals surface area (Å²) in [6, 6.07) is 0. The maximum absolute atomic E-state index is 8.97. The van der Waals surface area contributed by atoms with E-state index in [0.717, 1.165) is 18.7 Å². The van der Waals surface area contributed by atoms with E-state index in [-0.39, 0.29) is 6.61 Å². The van der Waals surface area contributed by atoms with Gasteiger partial charge in [0.25, 0.3) is 0 Å². The van der Waals surface area contributed by atoms with Crippen molar-refractivity contribution in [3.63, 3.8) is 0 Å². The normalized spacial score (nSPS) is 10.8. The number of aliphatic hydroxyl groups is 1. The Kier molecular flexibility index (Phi) is 5.99. The van der Waals surface area contributed by atoms with Crippen molar-refractivity contribution in [3.8, 4) is 0 Å². The lowest BCUT2D eigenvalue weighted by molar-refractivity contribution is 0.0678. The molecule has 0 aliphatic carbocycles. The van der Waals surface area contributed by atoms with Crippen LogP contribution in [0.2, 0.25) is 0 Å². The predicted molar refractivity (Wildman–Crippen MR) is 55.5 cm³/mol. The van der Waals surface area contributed by atoms with Gasteiger partial charge in [-0.3, -0.25) is 0 Å². The Labute approximate surface area is 89.6 Å². The van der Waals surface area contributed by atoms with Crippen molar-refractivity contribution < 1.29 is 14.6 Å². The number of hydrogen-bond donors (Lipinski definition) is 1. The van der Waals surface area contributed by atoms with Crippen LogP contribution in [0.25, 0.3) is 0 Å². The van der Waals surface area contributed by atoms with Gasteiger partial charge in [0.15, 0.2) is 0 Å². The molecule has 86 valence electrons. The molecule has 0 fully saturated rings. The highest BCUT2D eigenvalue weighted by Gasteiger charge is 1.99. The van der Waals surface area contributed by atoms with Gasteiger partial charge in [0.1, 0.15) is 0 Å². The summed E-state index contributed by atoms with van der Waals surface area (Å²) in [5.74, 6) is 0. The summed E-state index contributed by atoms with van der Waals surface area (Å²) in [4.78, 5) is 3.96. The SMILES string of the molecule is COCCOCCCn1cncc1CO. The van der Waals surface area contributed by atoms with Crippen molar-refractivity contribution in [1.29, 1.82) is 0 Å². The molecule has 5 nitrogen and oxygen atoms in total. The van der Waals surface area contributed by atoms with Crippen molar-refractivity contribution in [2.75, 3.05) is 26.9 Å². The minimum Gasteiger partial charge on any atom is -0.390 e. The fourth-order valence-corrected chi connectivity index (χ4v) is 1.26. The molecular formula is C10H18N2O3. The summed E-state index contributed by atoms with van der Waals surface area (Å²) in [6.45, 7) is 2.82. The number of aromatic nitrogens is 2. The summed E-state index contributed by atoms with van der Waals surface area (Å²) >= 11 is 0. The van der Waals surface area contributed by atoms with E-state index in [4.69, 9.17) is 14.6 Å². The van der Waals surface area contributed by atoms with Gasteiger partial charge in [-0.25, -0.2) is 4.98 Å². The minimum absolute atomic E-state index is 0.0323. The van der Waals surface area contributed by atoms with Crippen LogP contribution >= 0.6 is 0 Å². The van der Waals surface area contributed by atoms with E-state index >= 15 is 0 Å². The van der Waals surface area contributed by atoms with Crippen LogP contribution in [0.5, 0.6) is 0 Å². The Morgan fingerprint density at radius 2 is 2.27 bits per heavy atom. The zero-order chi connectivity index (χ0) is 10.9. The van der Waals surface area contributed by atoms with Gasteiger partial charge >= 0.3 is 0 Å². The fourth-order valence-electron chi connectivity index (χ4n) is 1.26. The van der Waals surface area contributed by atoms with E-state index in [2.05, 4.69) is 4.98 Å². The van der Waals surface area contributed by atoms with E-state index in [1.807, 2.05) is 4.57 Å². The molecule has 0 saturated carbocycles. The van der Waals surface area contributed by atoms with Gasteiger partial charge in [0, 0.05) is 20.3 Å². The van der Waals surface area contributed by atoms with E-state index < -0.39 is 0 Å². The monoisotopic (exact) mass is 214 g/mol. The molecule has 0 aliphatic heterocycles. The van der Waals surface area contributed by atoms with Crippen LogP contribution in [0.1, 0.15) is 12.1 Å². The van der Waals surface area contributed by atoms with Crippen molar-refractivity contribution in [1.82, 2.24) is 9.55 Å². The Bertz CT molecular complexity index is 263. The number of aliphatic hydroxyl groups excluding tert-OH is 1. The minimum atomic E-state index is 0.0323. The molecule has 1 aromatic rings. The average Bonchev–Trinajstić information content (AvgIpc) is 2.70. The highest BCUT2D eigenvalue weighted by atomic mass is 16.5. The van der Waals surface area contributed by atoms with Gasteiger partial charge in [-0.05, 0) is 6.42 Å². The lowest BCUT2D eigenvalue weighted by atomic mass is 10.4. The van der Waals surface area contributed by atoms with Crippen molar-refractivity contribution in [2.24, 2.45) is 0 Å². The largest absolute Gasteiger partial charge is 0.390 e. The number of aryl methyl sites for hydroxylation is 1. The van der Waals surface area contributed by atoms with Crippen LogP contribution in [-0.2, 0) is 22.6 Å². The molecule has 1 N–H and O–H groups in total. The zero-order valence-corrected chi connectivity index (χ0v) is 9.06. The Morgan fingerprint density at radius 3 is 3.00 bits per heavy atom. The number of ether oxygens (including phenoxy) is 2. The van der Waals surface area contributed by atoms with E-state index in [0.29, 0.717) is 19.8 Å². The van der Waals surface area contributed by atoms with Crippen molar-refractivity contribution in [3.05, 3.63) is 18.2 Å². The van der Waals surface area contributed by atoms with Crippen LogP contribution in [0.15, 0.2) is 12.5 Å². The highest BCUT2D eigenvalue weighted by Crippen LogP contribution is 2.00. The van der Waals surface area contributed by atoms with Gasteiger partial charge in [-0.1, -0.05) is 0 Å². The molecule has 15 heavy (non-hydrogen) atoms. The van der Waals surface area contributed by atoms with Crippen LogP contribution in [0.3, 0.4) is 0 Å². The number of rotatable bonds is 8. The summed E-state index contributed by atoms with van der Waals surface area (Å²) in [7, 11) is 1.66. The topological polar surface area (TPSA) is 56.5 Å². The first kappa shape index (κ1) is 12.2. The molecule has 0 unspecified atom stereocenters. The summed E-state index contributed by atoms with van der Waals surface area (Å²) in [5, 5.41) is 8.97. The van der Waals surface area contributed by atoms with E-state index in [1.54, 1.807) is 19.6 Å². The molecule has 1 rings (SSSR count). The lowest BCUT2D eigenvalue weighted by Gasteiger charge is -2.06. The molecule has 5 heteroatoms. The second-order valence-corrected chi connectivity index (χ2v) is 3.20. The van der Waals surface area contributed by atoms with Crippen LogP contribution in [0, 0.1) is 0 Å². The van der Waals surface area contributed by atoms with E-state index in [1.165, 1.54) is 0 Å². The zero-order valence-electron chi connectivity index (χ0n) is 9.06.